The molecule has 4 N–H and O–H groups in total. The van der Waals surface area contributed by atoms with Gasteiger partial charge in [0.2, 0.25) is 12.7 Å². The second-order valence-corrected chi connectivity index (χ2v) is 5.79. The first-order chi connectivity index (χ1) is 12.5. The summed E-state index contributed by atoms with van der Waals surface area (Å²) in [5.74, 6) is 1.16. The summed E-state index contributed by atoms with van der Waals surface area (Å²) in [6.07, 6.45) is 3.18. The van der Waals surface area contributed by atoms with E-state index in [1.165, 1.54) is 6.08 Å². The Morgan fingerprint density at radius 1 is 1.12 bits per heavy atom. The number of carbonyl (C=O) groups is 2. The van der Waals surface area contributed by atoms with Gasteiger partial charge in [0.05, 0.1) is 6.04 Å². The summed E-state index contributed by atoms with van der Waals surface area (Å²) < 4.78 is 10.6. The quantitative estimate of drug-likeness (QED) is 0.719. The molecule has 0 aromatic heterocycles. The molecular weight excluding hydrogens is 334 g/mol. The average Bonchev–Trinajstić information content (AvgIpc) is 3.07. The number of fused-ring (bicyclic) bond motifs is 1. The van der Waals surface area contributed by atoms with E-state index in [0.29, 0.717) is 17.2 Å². The van der Waals surface area contributed by atoms with Gasteiger partial charge in [0.15, 0.2) is 11.5 Å². The Morgan fingerprint density at radius 2 is 1.85 bits per heavy atom. The number of urea groups is 1. The molecule has 7 nitrogen and oxygen atoms in total. The molecule has 2 aromatic carbocycles. The Balaban J connectivity index is 1.57. The molecule has 0 spiro atoms. The van der Waals surface area contributed by atoms with Crippen LogP contribution in [0.5, 0.6) is 11.5 Å². The number of nitrogens with two attached hydrogens (primary N) is 1. The lowest BCUT2D eigenvalue weighted by molar-refractivity contribution is -0.117. The summed E-state index contributed by atoms with van der Waals surface area (Å²) in [6, 6.07) is 11.8. The Bertz CT molecular complexity index is 846. The molecule has 1 aliphatic heterocycles. The number of ether oxygens (including phenoxy) is 2. The first-order valence-electron chi connectivity index (χ1n) is 8.06. The van der Waals surface area contributed by atoms with Crippen LogP contribution >= 0.6 is 0 Å². The molecule has 0 saturated heterocycles. The highest BCUT2D eigenvalue weighted by Gasteiger charge is 2.12. The summed E-state index contributed by atoms with van der Waals surface area (Å²) in [4.78, 5) is 22.9. The number of benzene rings is 2. The van der Waals surface area contributed by atoms with Crippen molar-refractivity contribution in [3.63, 3.8) is 0 Å². The van der Waals surface area contributed by atoms with Gasteiger partial charge in [-0.05, 0) is 48.4 Å². The van der Waals surface area contributed by atoms with Crippen molar-refractivity contribution in [2.75, 3.05) is 12.1 Å². The van der Waals surface area contributed by atoms with Crippen molar-refractivity contribution < 1.29 is 19.1 Å². The highest BCUT2D eigenvalue weighted by atomic mass is 16.7. The lowest BCUT2D eigenvalue weighted by Gasteiger charge is -2.13. The number of nitrogens with one attached hydrogen (secondary N) is 2. The van der Waals surface area contributed by atoms with Crippen molar-refractivity contribution in [1.82, 2.24) is 5.32 Å². The topological polar surface area (TPSA) is 103 Å². The van der Waals surface area contributed by atoms with Gasteiger partial charge in [0.1, 0.15) is 0 Å². The molecule has 0 bridgehead atoms. The van der Waals surface area contributed by atoms with E-state index in [1.807, 2.05) is 37.3 Å². The van der Waals surface area contributed by atoms with E-state index >= 15 is 0 Å². The summed E-state index contributed by atoms with van der Waals surface area (Å²) in [6.45, 7) is 2.09. The predicted octanol–water partition coefficient (Wildman–Crippen LogP) is 2.80. The van der Waals surface area contributed by atoms with E-state index in [0.717, 1.165) is 11.1 Å². The van der Waals surface area contributed by atoms with Crippen LogP contribution in [-0.2, 0) is 4.79 Å². The zero-order valence-electron chi connectivity index (χ0n) is 14.2. The smallest absolute Gasteiger partial charge is 0.316 e. The number of primary amides is 1. The minimum Gasteiger partial charge on any atom is -0.454 e. The molecule has 1 unspecified atom stereocenters. The predicted molar refractivity (Wildman–Crippen MR) is 97.8 cm³/mol. The first kappa shape index (κ1) is 17.3. The van der Waals surface area contributed by atoms with E-state index in [9.17, 15) is 9.59 Å². The molecule has 26 heavy (non-hydrogen) atoms. The van der Waals surface area contributed by atoms with Gasteiger partial charge >= 0.3 is 6.03 Å². The van der Waals surface area contributed by atoms with Crippen LogP contribution in [-0.4, -0.2) is 18.7 Å². The zero-order valence-corrected chi connectivity index (χ0v) is 14.2. The van der Waals surface area contributed by atoms with Crippen LogP contribution < -0.4 is 25.8 Å². The Kier molecular flexibility index (Phi) is 5.07. The molecule has 0 saturated carbocycles. The molecular formula is C19H19N3O4. The van der Waals surface area contributed by atoms with Gasteiger partial charge < -0.3 is 25.8 Å². The molecule has 3 rings (SSSR count). The van der Waals surface area contributed by atoms with Crippen molar-refractivity contribution in [3.8, 4) is 11.5 Å². The number of carbonyl (C=O) groups excluding carboxylic acids is 2. The largest absolute Gasteiger partial charge is 0.454 e. The minimum absolute atomic E-state index is 0.188. The number of rotatable bonds is 5. The molecule has 134 valence electrons. The van der Waals surface area contributed by atoms with Crippen molar-refractivity contribution >= 4 is 23.7 Å². The van der Waals surface area contributed by atoms with E-state index in [2.05, 4.69) is 10.6 Å². The van der Waals surface area contributed by atoms with E-state index < -0.39 is 6.03 Å². The van der Waals surface area contributed by atoms with Crippen LogP contribution in [0.1, 0.15) is 24.1 Å². The number of hydrogen-bond acceptors (Lipinski definition) is 4. The molecule has 1 aliphatic rings. The van der Waals surface area contributed by atoms with Gasteiger partial charge in [-0.2, -0.15) is 0 Å². The molecule has 0 radical (unpaired) electrons. The molecule has 1 heterocycles. The maximum absolute atomic E-state index is 12.1. The van der Waals surface area contributed by atoms with Gasteiger partial charge in [0, 0.05) is 11.8 Å². The second-order valence-electron chi connectivity index (χ2n) is 5.79. The second kappa shape index (κ2) is 7.60. The third kappa shape index (κ3) is 4.32. The standard InChI is InChI=1S/C19H19N3O4/c1-12(14-4-6-15(7-5-14)22-19(20)24)21-18(23)9-3-13-2-8-16-17(10-13)26-11-25-16/h2-10,12H,11H2,1H3,(H,21,23)(H3,20,22,24). The van der Waals surface area contributed by atoms with Gasteiger partial charge in [0.25, 0.3) is 0 Å². The third-order valence-electron chi connectivity index (χ3n) is 3.86. The maximum atomic E-state index is 12.1. The average molecular weight is 353 g/mol. The molecule has 7 heteroatoms. The van der Waals surface area contributed by atoms with Gasteiger partial charge in [-0.25, -0.2) is 4.79 Å². The Hall–Kier alpha value is -3.48. The van der Waals surface area contributed by atoms with Crippen LogP contribution in [0.25, 0.3) is 6.08 Å². The fourth-order valence-electron chi connectivity index (χ4n) is 2.53. The van der Waals surface area contributed by atoms with Crippen LogP contribution in [0.3, 0.4) is 0 Å². The SMILES string of the molecule is CC(NC(=O)C=Cc1ccc2c(c1)OCO2)c1ccc(NC(N)=O)cc1. The van der Waals surface area contributed by atoms with Crippen LogP contribution in [0, 0.1) is 0 Å². The Labute approximate surface area is 150 Å². The lowest BCUT2D eigenvalue weighted by Crippen LogP contribution is -2.24. The highest BCUT2D eigenvalue weighted by molar-refractivity contribution is 5.92. The molecule has 0 aliphatic carbocycles. The van der Waals surface area contributed by atoms with Crippen molar-refractivity contribution in [2.45, 2.75) is 13.0 Å². The monoisotopic (exact) mass is 353 g/mol. The van der Waals surface area contributed by atoms with Crippen molar-refractivity contribution in [3.05, 3.63) is 59.7 Å². The highest BCUT2D eigenvalue weighted by Crippen LogP contribution is 2.32. The zero-order chi connectivity index (χ0) is 18.5. The van der Waals surface area contributed by atoms with Crippen molar-refractivity contribution in [1.29, 1.82) is 0 Å². The maximum Gasteiger partial charge on any atom is 0.316 e. The van der Waals surface area contributed by atoms with Crippen LogP contribution in [0.2, 0.25) is 0 Å². The number of hydrogen-bond donors (Lipinski definition) is 3. The first-order valence-corrected chi connectivity index (χ1v) is 8.06. The molecule has 2 aromatic rings. The van der Waals surface area contributed by atoms with E-state index in [1.54, 1.807) is 18.2 Å². The van der Waals surface area contributed by atoms with Crippen LogP contribution in [0.4, 0.5) is 10.5 Å². The lowest BCUT2D eigenvalue weighted by atomic mass is 10.1. The third-order valence-corrected chi connectivity index (χ3v) is 3.86. The molecule has 3 amide bonds. The number of amides is 3. The summed E-state index contributed by atoms with van der Waals surface area (Å²) in [7, 11) is 0. The van der Waals surface area contributed by atoms with E-state index in [-0.39, 0.29) is 18.7 Å². The van der Waals surface area contributed by atoms with Crippen LogP contribution in [0.15, 0.2) is 48.5 Å². The van der Waals surface area contributed by atoms with Gasteiger partial charge in [-0.1, -0.05) is 18.2 Å². The Morgan fingerprint density at radius 3 is 2.58 bits per heavy atom. The summed E-state index contributed by atoms with van der Waals surface area (Å²) in [5.41, 5.74) is 7.42. The minimum atomic E-state index is -0.618. The normalized spacial score (nSPS) is 13.4. The summed E-state index contributed by atoms with van der Waals surface area (Å²) in [5, 5.41) is 5.37. The molecule has 1 atom stereocenters. The summed E-state index contributed by atoms with van der Waals surface area (Å²) >= 11 is 0. The molecule has 0 fully saturated rings. The van der Waals surface area contributed by atoms with Gasteiger partial charge in [-0.15, -0.1) is 0 Å². The number of anilines is 1. The van der Waals surface area contributed by atoms with E-state index in [4.69, 9.17) is 15.2 Å². The van der Waals surface area contributed by atoms with Gasteiger partial charge in [-0.3, -0.25) is 4.79 Å². The van der Waals surface area contributed by atoms with Crippen molar-refractivity contribution in [2.24, 2.45) is 5.73 Å². The fraction of sp³-hybridized carbons (Fsp3) is 0.158. The fourth-order valence-corrected chi connectivity index (χ4v) is 2.53.